The number of rotatable bonds is 3. The number of hydrogen-bond donors (Lipinski definition) is 0. The SMILES string of the molecule is S=P(Cl)(Cl)/N=c1\ccccn1Cc1ccc(Cl)nc1. The smallest absolute Gasteiger partial charge is 0.227 e. The van der Waals surface area contributed by atoms with E-state index in [4.69, 9.17) is 45.9 Å². The van der Waals surface area contributed by atoms with Crippen LogP contribution in [-0.4, -0.2) is 9.55 Å². The Morgan fingerprint density at radius 2 is 2.05 bits per heavy atom. The minimum Gasteiger partial charge on any atom is -0.329 e. The molecule has 19 heavy (non-hydrogen) atoms. The fourth-order valence-electron chi connectivity index (χ4n) is 1.51. The second kappa shape index (κ2) is 6.38. The van der Waals surface area contributed by atoms with Gasteiger partial charge in [0.2, 0.25) is 4.89 Å². The van der Waals surface area contributed by atoms with Crippen LogP contribution in [0.25, 0.3) is 0 Å². The molecule has 8 heteroatoms. The van der Waals surface area contributed by atoms with Gasteiger partial charge < -0.3 is 4.57 Å². The first kappa shape index (κ1) is 15.0. The number of aromatic nitrogens is 2. The van der Waals surface area contributed by atoms with Crippen LogP contribution in [0.15, 0.2) is 47.5 Å². The van der Waals surface area contributed by atoms with Crippen molar-refractivity contribution < 1.29 is 0 Å². The molecule has 2 rings (SSSR count). The molecule has 0 aromatic carbocycles. The van der Waals surface area contributed by atoms with Gasteiger partial charge in [0.1, 0.15) is 10.6 Å². The normalized spacial score (nSPS) is 12.7. The Labute approximate surface area is 130 Å². The van der Waals surface area contributed by atoms with Crippen LogP contribution in [0.2, 0.25) is 5.15 Å². The van der Waals surface area contributed by atoms with Crippen LogP contribution in [0.4, 0.5) is 0 Å². The Balaban J connectivity index is 2.38. The Kier molecular flexibility index (Phi) is 5.04. The molecule has 0 spiro atoms. The van der Waals surface area contributed by atoms with Crippen molar-refractivity contribution in [3.05, 3.63) is 58.9 Å². The molecule has 0 aliphatic carbocycles. The summed E-state index contributed by atoms with van der Waals surface area (Å²) in [5, 5.41) is 0.462. The Morgan fingerprint density at radius 3 is 2.68 bits per heavy atom. The number of hydrogen-bond acceptors (Lipinski definition) is 2. The van der Waals surface area contributed by atoms with Crippen molar-refractivity contribution in [1.82, 2.24) is 9.55 Å². The monoisotopic (exact) mass is 351 g/mol. The van der Waals surface area contributed by atoms with Crippen molar-refractivity contribution in [3.63, 3.8) is 0 Å². The Hall–Kier alpha value is -0.380. The van der Waals surface area contributed by atoms with Crippen LogP contribution in [0.1, 0.15) is 5.56 Å². The van der Waals surface area contributed by atoms with E-state index in [1.54, 1.807) is 12.3 Å². The third kappa shape index (κ3) is 4.90. The van der Waals surface area contributed by atoms with E-state index in [1.165, 1.54) is 0 Å². The van der Waals surface area contributed by atoms with E-state index in [0.717, 1.165) is 5.56 Å². The molecule has 0 saturated carbocycles. The van der Waals surface area contributed by atoms with Gasteiger partial charge in [-0.2, -0.15) is 0 Å². The van der Waals surface area contributed by atoms with Gasteiger partial charge >= 0.3 is 0 Å². The van der Waals surface area contributed by atoms with Gasteiger partial charge in [0.15, 0.2) is 0 Å². The third-order valence-corrected chi connectivity index (χ3v) is 3.64. The van der Waals surface area contributed by atoms with E-state index in [2.05, 4.69) is 9.75 Å². The number of halogens is 3. The lowest BCUT2D eigenvalue weighted by molar-refractivity contribution is 0.745. The lowest BCUT2D eigenvalue weighted by atomic mass is 10.3. The topological polar surface area (TPSA) is 30.2 Å². The maximum atomic E-state index is 5.84. The van der Waals surface area contributed by atoms with Crippen molar-refractivity contribution in [2.45, 2.75) is 6.54 Å². The van der Waals surface area contributed by atoms with Gasteiger partial charge in [0.25, 0.3) is 0 Å². The third-order valence-electron chi connectivity index (χ3n) is 2.28. The zero-order valence-corrected chi connectivity index (χ0v) is 13.6. The van der Waals surface area contributed by atoms with Gasteiger partial charge in [-0.3, -0.25) is 0 Å². The molecule has 2 aromatic rings. The summed E-state index contributed by atoms with van der Waals surface area (Å²) >= 11 is 22.4. The van der Waals surface area contributed by atoms with Crippen molar-refractivity contribution in [2.75, 3.05) is 0 Å². The second-order valence-electron chi connectivity index (χ2n) is 3.71. The molecule has 0 atom stereocenters. The lowest BCUT2D eigenvalue weighted by Gasteiger charge is -2.08. The predicted octanol–water partition coefficient (Wildman–Crippen LogP) is 4.19. The van der Waals surface area contributed by atoms with E-state index in [9.17, 15) is 0 Å². The summed E-state index contributed by atoms with van der Waals surface area (Å²) in [6.07, 6.45) is 3.59. The summed E-state index contributed by atoms with van der Waals surface area (Å²) in [6.45, 7) is 0.590. The molecule has 0 fully saturated rings. The zero-order chi connectivity index (χ0) is 13.9. The van der Waals surface area contributed by atoms with E-state index < -0.39 is 4.89 Å². The van der Waals surface area contributed by atoms with Gasteiger partial charge in [0, 0.05) is 12.4 Å². The minimum absolute atomic E-state index is 0.462. The Morgan fingerprint density at radius 1 is 1.26 bits per heavy atom. The highest BCUT2D eigenvalue weighted by molar-refractivity contribution is 8.38. The van der Waals surface area contributed by atoms with Crippen LogP contribution in [0, 0.1) is 0 Å². The summed E-state index contributed by atoms with van der Waals surface area (Å²) in [7, 11) is 0. The van der Waals surface area contributed by atoms with Gasteiger partial charge in [-0.1, -0.05) is 23.7 Å². The molecule has 0 aliphatic rings. The summed E-state index contributed by atoms with van der Waals surface area (Å²) in [5.74, 6) is 0. The van der Waals surface area contributed by atoms with Crippen LogP contribution >= 0.6 is 39.0 Å². The molecule has 2 heterocycles. The van der Waals surface area contributed by atoms with Crippen LogP contribution in [-0.2, 0) is 18.4 Å². The van der Waals surface area contributed by atoms with E-state index in [0.29, 0.717) is 17.2 Å². The molecule has 0 amide bonds. The molecular formula is C11H9Cl3N3PS. The quantitative estimate of drug-likeness (QED) is 0.612. The number of pyridine rings is 2. The van der Waals surface area contributed by atoms with Crippen molar-refractivity contribution >= 4 is 50.8 Å². The molecule has 0 bridgehead atoms. The van der Waals surface area contributed by atoms with Crippen LogP contribution in [0.3, 0.4) is 0 Å². The lowest BCUT2D eigenvalue weighted by Crippen LogP contribution is -2.19. The van der Waals surface area contributed by atoms with Gasteiger partial charge in [0.05, 0.1) is 6.54 Å². The minimum atomic E-state index is -2.68. The van der Waals surface area contributed by atoms with E-state index >= 15 is 0 Å². The first-order valence-electron chi connectivity index (χ1n) is 5.25. The second-order valence-corrected chi connectivity index (χ2v) is 11.4. The summed E-state index contributed by atoms with van der Waals surface area (Å²) in [4.78, 5) is 1.35. The highest BCUT2D eigenvalue weighted by Gasteiger charge is 2.05. The average molecular weight is 353 g/mol. The Bertz CT molecular complexity index is 678. The molecule has 3 nitrogen and oxygen atoms in total. The maximum absolute atomic E-state index is 5.84. The fourth-order valence-corrected chi connectivity index (χ4v) is 2.76. The average Bonchev–Trinajstić information content (AvgIpc) is 2.33. The van der Waals surface area contributed by atoms with Gasteiger partial charge in [-0.05, 0) is 58.1 Å². The zero-order valence-electron chi connectivity index (χ0n) is 9.58. The van der Waals surface area contributed by atoms with Crippen LogP contribution in [0.5, 0.6) is 0 Å². The van der Waals surface area contributed by atoms with E-state index in [-0.39, 0.29) is 0 Å². The molecule has 2 aromatic heterocycles. The molecule has 0 saturated heterocycles. The highest BCUT2D eigenvalue weighted by atomic mass is 35.9. The van der Waals surface area contributed by atoms with Gasteiger partial charge in [-0.25, -0.2) is 9.75 Å². The first-order chi connectivity index (χ1) is 8.94. The van der Waals surface area contributed by atoms with Crippen LogP contribution < -0.4 is 5.49 Å². The first-order valence-corrected chi connectivity index (χ1v) is 10.2. The van der Waals surface area contributed by atoms with Crippen molar-refractivity contribution in [3.8, 4) is 0 Å². The largest absolute Gasteiger partial charge is 0.329 e. The highest BCUT2D eigenvalue weighted by Crippen LogP contribution is 2.57. The predicted molar refractivity (Wildman–Crippen MR) is 84.3 cm³/mol. The number of nitrogens with zero attached hydrogens (tertiary/aromatic N) is 3. The van der Waals surface area contributed by atoms with Gasteiger partial charge in [-0.15, -0.1) is 0 Å². The molecule has 100 valence electrons. The fraction of sp³-hybridized carbons (Fsp3) is 0.0909. The summed E-state index contributed by atoms with van der Waals surface area (Å²) < 4.78 is 6.08. The molecule has 0 unspecified atom stereocenters. The van der Waals surface area contributed by atoms with Crippen molar-refractivity contribution in [1.29, 1.82) is 0 Å². The maximum Gasteiger partial charge on any atom is 0.227 e. The molecule has 0 aliphatic heterocycles. The molecule has 0 N–H and O–H groups in total. The summed E-state index contributed by atoms with van der Waals surface area (Å²) in [6, 6.07) is 9.21. The summed E-state index contributed by atoms with van der Waals surface area (Å²) in [5.41, 5.74) is 1.64. The molecular weight excluding hydrogens is 344 g/mol. The van der Waals surface area contributed by atoms with Crippen molar-refractivity contribution in [2.24, 2.45) is 4.76 Å². The van der Waals surface area contributed by atoms with E-state index in [1.807, 2.05) is 35.0 Å². The molecule has 0 radical (unpaired) electrons. The standard InChI is InChI=1S/C11H9Cl3N3PS/c12-10-5-4-9(7-15-10)8-17-6-2-1-3-11(17)16-18(13,14)19/h1-7H,8H2/b16-11+.